The van der Waals surface area contributed by atoms with Crippen LogP contribution in [0.4, 0.5) is 11.4 Å². The van der Waals surface area contributed by atoms with Gasteiger partial charge >= 0.3 is 0 Å². The van der Waals surface area contributed by atoms with Gasteiger partial charge in [0.05, 0.1) is 25.4 Å². The fraction of sp³-hybridized carbons (Fsp3) is 0.105. The van der Waals surface area contributed by atoms with Gasteiger partial charge in [0, 0.05) is 33.7 Å². The van der Waals surface area contributed by atoms with Crippen molar-refractivity contribution >= 4 is 44.8 Å². The molecule has 0 radical (unpaired) electrons. The van der Waals surface area contributed by atoms with Crippen molar-refractivity contribution in [3.05, 3.63) is 58.0 Å². The molecule has 0 aliphatic rings. The predicted molar refractivity (Wildman–Crippen MR) is 104 cm³/mol. The quantitative estimate of drug-likeness (QED) is 0.497. The van der Waals surface area contributed by atoms with Crippen molar-refractivity contribution < 1.29 is 9.47 Å². The Morgan fingerprint density at radius 2 is 1.85 bits per heavy atom. The molecule has 0 spiro atoms. The Kier molecular flexibility index (Phi) is 3.97. The molecule has 0 unspecified atom stereocenters. The average molecular weight is 370 g/mol. The largest absolute Gasteiger partial charge is 0.493 e. The molecular formula is C19H16ClN3O3. The number of rotatable bonds is 4. The third kappa shape index (κ3) is 2.64. The molecule has 2 heterocycles. The van der Waals surface area contributed by atoms with E-state index in [1.165, 1.54) is 0 Å². The van der Waals surface area contributed by atoms with E-state index in [1.807, 2.05) is 30.3 Å². The van der Waals surface area contributed by atoms with Crippen LogP contribution >= 0.6 is 11.6 Å². The fourth-order valence-corrected chi connectivity index (χ4v) is 3.26. The zero-order valence-electron chi connectivity index (χ0n) is 14.1. The Bertz CT molecular complexity index is 1180. The van der Waals surface area contributed by atoms with E-state index >= 15 is 0 Å². The van der Waals surface area contributed by atoms with E-state index in [2.05, 4.69) is 15.3 Å². The highest BCUT2D eigenvalue weighted by atomic mass is 35.5. The number of benzene rings is 2. The molecule has 0 amide bonds. The Morgan fingerprint density at radius 3 is 2.58 bits per heavy atom. The molecule has 0 aliphatic carbocycles. The van der Waals surface area contributed by atoms with Gasteiger partial charge < -0.3 is 24.8 Å². The SMILES string of the molecule is COc1cc2[nH]c3c(=O)[nH]cc(Nc4cccc(Cl)c4)c3c2cc1OC. The number of hydrogen-bond acceptors (Lipinski definition) is 4. The average Bonchev–Trinajstić information content (AvgIpc) is 3.02. The monoisotopic (exact) mass is 369 g/mol. The molecule has 3 N–H and O–H groups in total. The third-order valence-corrected chi connectivity index (χ3v) is 4.49. The highest BCUT2D eigenvalue weighted by Crippen LogP contribution is 2.38. The molecule has 0 atom stereocenters. The van der Waals surface area contributed by atoms with Crippen LogP contribution in [0.15, 0.2) is 47.4 Å². The third-order valence-electron chi connectivity index (χ3n) is 4.25. The van der Waals surface area contributed by atoms with Crippen LogP contribution in [0.1, 0.15) is 0 Å². The van der Waals surface area contributed by atoms with Gasteiger partial charge in [-0.1, -0.05) is 17.7 Å². The number of methoxy groups -OCH3 is 2. The molecule has 0 saturated carbocycles. The van der Waals surface area contributed by atoms with Crippen LogP contribution in [0.2, 0.25) is 5.02 Å². The number of H-pyrrole nitrogens is 2. The topological polar surface area (TPSA) is 79.1 Å². The van der Waals surface area contributed by atoms with Crippen LogP contribution in [0.3, 0.4) is 0 Å². The van der Waals surface area contributed by atoms with Gasteiger partial charge in [0.25, 0.3) is 5.56 Å². The molecule has 0 aliphatic heterocycles. The van der Waals surface area contributed by atoms with Gasteiger partial charge in [-0.2, -0.15) is 0 Å². The summed E-state index contributed by atoms with van der Waals surface area (Å²) >= 11 is 6.07. The smallest absolute Gasteiger partial charge is 0.272 e. The lowest BCUT2D eigenvalue weighted by molar-refractivity contribution is 0.356. The summed E-state index contributed by atoms with van der Waals surface area (Å²) in [6.07, 6.45) is 1.65. The molecule has 132 valence electrons. The number of ether oxygens (including phenoxy) is 2. The van der Waals surface area contributed by atoms with E-state index in [-0.39, 0.29) is 5.56 Å². The molecule has 4 rings (SSSR count). The van der Waals surface area contributed by atoms with Gasteiger partial charge in [-0.05, 0) is 24.3 Å². The van der Waals surface area contributed by atoms with E-state index in [0.717, 1.165) is 27.7 Å². The number of halogens is 1. The van der Waals surface area contributed by atoms with E-state index in [9.17, 15) is 4.79 Å². The Balaban J connectivity index is 1.99. The van der Waals surface area contributed by atoms with Gasteiger partial charge in [-0.15, -0.1) is 0 Å². The minimum atomic E-state index is -0.203. The summed E-state index contributed by atoms with van der Waals surface area (Å²) < 4.78 is 10.8. The maximum Gasteiger partial charge on any atom is 0.272 e. The second-order valence-corrected chi connectivity index (χ2v) is 6.23. The zero-order chi connectivity index (χ0) is 18.3. The van der Waals surface area contributed by atoms with Crippen molar-refractivity contribution in [2.75, 3.05) is 19.5 Å². The lowest BCUT2D eigenvalue weighted by atomic mass is 10.1. The van der Waals surface area contributed by atoms with Gasteiger partial charge in [-0.25, -0.2) is 0 Å². The summed E-state index contributed by atoms with van der Waals surface area (Å²) in [4.78, 5) is 18.2. The zero-order valence-corrected chi connectivity index (χ0v) is 14.9. The number of aromatic nitrogens is 2. The van der Waals surface area contributed by atoms with Crippen LogP contribution < -0.4 is 20.3 Å². The molecular weight excluding hydrogens is 354 g/mol. The van der Waals surface area contributed by atoms with E-state index in [4.69, 9.17) is 21.1 Å². The summed E-state index contributed by atoms with van der Waals surface area (Å²) in [5.41, 5.74) is 2.62. The highest BCUT2D eigenvalue weighted by Gasteiger charge is 2.16. The fourth-order valence-electron chi connectivity index (χ4n) is 3.07. The summed E-state index contributed by atoms with van der Waals surface area (Å²) in [5.74, 6) is 1.18. The van der Waals surface area contributed by atoms with Gasteiger partial charge in [0.15, 0.2) is 11.5 Å². The first kappa shape index (κ1) is 16.4. The molecule has 6 nitrogen and oxygen atoms in total. The van der Waals surface area contributed by atoms with Gasteiger partial charge in [0.1, 0.15) is 5.52 Å². The van der Waals surface area contributed by atoms with Crippen molar-refractivity contribution in [1.82, 2.24) is 9.97 Å². The normalized spacial score (nSPS) is 11.0. The maximum atomic E-state index is 12.3. The summed E-state index contributed by atoms with van der Waals surface area (Å²) in [7, 11) is 3.15. The summed E-state index contributed by atoms with van der Waals surface area (Å²) in [6, 6.07) is 11.1. The lowest BCUT2D eigenvalue weighted by Gasteiger charge is -2.09. The first-order valence-electron chi connectivity index (χ1n) is 7.92. The number of anilines is 2. The standard InChI is InChI=1S/C19H16ClN3O3/c1-25-15-7-12-13(8-16(15)26-2)23-18-17(12)14(9-21-19(18)24)22-11-5-3-4-10(20)6-11/h3-9,22-23H,1-2H3,(H,21,24). The van der Waals surface area contributed by atoms with Crippen molar-refractivity contribution in [3.63, 3.8) is 0 Å². The van der Waals surface area contributed by atoms with Crippen LogP contribution in [0.5, 0.6) is 11.5 Å². The predicted octanol–water partition coefficient (Wildman–Crippen LogP) is 4.42. The van der Waals surface area contributed by atoms with Gasteiger partial charge in [-0.3, -0.25) is 4.79 Å². The van der Waals surface area contributed by atoms with E-state index in [0.29, 0.717) is 22.0 Å². The van der Waals surface area contributed by atoms with Crippen LogP contribution in [-0.4, -0.2) is 24.2 Å². The first-order valence-corrected chi connectivity index (χ1v) is 8.30. The van der Waals surface area contributed by atoms with Crippen molar-refractivity contribution in [3.8, 4) is 11.5 Å². The highest BCUT2D eigenvalue weighted by molar-refractivity contribution is 6.30. The molecule has 0 saturated heterocycles. The first-order chi connectivity index (χ1) is 12.6. The van der Waals surface area contributed by atoms with E-state index < -0.39 is 0 Å². The molecule has 2 aromatic heterocycles. The number of aromatic amines is 2. The van der Waals surface area contributed by atoms with Crippen LogP contribution in [0, 0.1) is 0 Å². The van der Waals surface area contributed by atoms with Crippen molar-refractivity contribution in [2.45, 2.75) is 0 Å². The Labute approximate surface area is 153 Å². The second-order valence-electron chi connectivity index (χ2n) is 5.79. The lowest BCUT2D eigenvalue weighted by Crippen LogP contribution is -2.06. The second kappa shape index (κ2) is 6.31. The number of hydrogen-bond donors (Lipinski definition) is 3. The molecule has 26 heavy (non-hydrogen) atoms. The minimum Gasteiger partial charge on any atom is -0.493 e. The molecule has 0 fully saturated rings. The molecule has 7 heteroatoms. The molecule has 4 aromatic rings. The minimum absolute atomic E-state index is 0.203. The Hall–Kier alpha value is -3.12. The van der Waals surface area contributed by atoms with Crippen LogP contribution in [-0.2, 0) is 0 Å². The molecule has 0 bridgehead atoms. The number of fused-ring (bicyclic) bond motifs is 3. The summed E-state index contributed by atoms with van der Waals surface area (Å²) in [5, 5.41) is 5.56. The van der Waals surface area contributed by atoms with Crippen molar-refractivity contribution in [1.29, 1.82) is 0 Å². The van der Waals surface area contributed by atoms with Gasteiger partial charge in [0.2, 0.25) is 0 Å². The number of pyridine rings is 1. The van der Waals surface area contributed by atoms with Crippen molar-refractivity contribution in [2.24, 2.45) is 0 Å². The number of nitrogens with one attached hydrogen (secondary N) is 3. The molecule has 2 aromatic carbocycles. The van der Waals surface area contributed by atoms with E-state index in [1.54, 1.807) is 26.5 Å². The van der Waals surface area contributed by atoms with Crippen LogP contribution in [0.25, 0.3) is 21.8 Å². The Morgan fingerprint density at radius 1 is 1.08 bits per heavy atom. The summed E-state index contributed by atoms with van der Waals surface area (Å²) in [6.45, 7) is 0. The maximum absolute atomic E-state index is 12.3.